The van der Waals surface area contributed by atoms with Crippen LogP contribution in [0, 0.1) is 0 Å². The van der Waals surface area contributed by atoms with Gasteiger partial charge in [-0.3, -0.25) is 4.79 Å². The third-order valence-corrected chi connectivity index (χ3v) is 3.98. The van der Waals surface area contributed by atoms with Gasteiger partial charge in [0, 0.05) is 30.8 Å². The van der Waals surface area contributed by atoms with Gasteiger partial charge in [0.2, 0.25) is 0 Å². The molecule has 29 heavy (non-hydrogen) atoms. The first kappa shape index (κ1) is 24.5. The molecule has 8 heteroatoms. The molecular formula is C21H29IN4O3. The van der Waals surface area contributed by atoms with Crippen LogP contribution in [0.1, 0.15) is 29.3 Å². The second-order valence-corrected chi connectivity index (χ2v) is 6.09. The van der Waals surface area contributed by atoms with Gasteiger partial charge in [-0.25, -0.2) is 4.99 Å². The van der Waals surface area contributed by atoms with E-state index in [1.807, 2.05) is 31.2 Å². The molecule has 2 aromatic carbocycles. The summed E-state index contributed by atoms with van der Waals surface area (Å²) in [5, 5.41) is 18.7. The molecule has 7 nitrogen and oxygen atoms in total. The zero-order valence-corrected chi connectivity index (χ0v) is 19.1. The summed E-state index contributed by atoms with van der Waals surface area (Å²) in [7, 11) is 1.65. The van der Waals surface area contributed by atoms with Gasteiger partial charge < -0.3 is 25.8 Å². The number of nitrogens with zero attached hydrogens (tertiary/aromatic N) is 1. The molecule has 0 fully saturated rings. The molecule has 0 aliphatic heterocycles. The van der Waals surface area contributed by atoms with Crippen LogP contribution in [0.4, 0.5) is 0 Å². The Labute approximate surface area is 189 Å². The number of phenols is 1. The Bertz CT molecular complexity index is 799. The molecule has 0 radical (unpaired) electrons. The number of benzene rings is 2. The summed E-state index contributed by atoms with van der Waals surface area (Å²) in [6.45, 7) is 4.46. The van der Waals surface area contributed by atoms with Crippen LogP contribution >= 0.6 is 24.0 Å². The summed E-state index contributed by atoms with van der Waals surface area (Å²) in [6.07, 6.45) is 0.740. The minimum atomic E-state index is -0.201. The van der Waals surface area contributed by atoms with E-state index >= 15 is 0 Å². The lowest BCUT2D eigenvalue weighted by atomic mass is 10.2. The van der Waals surface area contributed by atoms with Gasteiger partial charge in [0.1, 0.15) is 11.5 Å². The Kier molecular flexibility index (Phi) is 11.6. The van der Waals surface area contributed by atoms with Crippen LogP contribution in [0.5, 0.6) is 11.5 Å². The predicted octanol–water partition coefficient (Wildman–Crippen LogP) is 2.89. The second-order valence-electron chi connectivity index (χ2n) is 6.09. The fourth-order valence-corrected chi connectivity index (χ4v) is 2.59. The van der Waals surface area contributed by atoms with Gasteiger partial charge in [-0.05, 0) is 37.6 Å². The number of nitrogens with one attached hydrogen (secondary N) is 3. The molecule has 4 N–H and O–H groups in total. The van der Waals surface area contributed by atoms with Crippen molar-refractivity contribution in [2.75, 3.05) is 26.7 Å². The first-order valence-corrected chi connectivity index (χ1v) is 9.35. The van der Waals surface area contributed by atoms with Crippen LogP contribution in [0.3, 0.4) is 0 Å². The van der Waals surface area contributed by atoms with Gasteiger partial charge in [0.25, 0.3) is 5.91 Å². The largest absolute Gasteiger partial charge is 0.508 e. The molecule has 0 aromatic heterocycles. The smallest absolute Gasteiger partial charge is 0.251 e. The number of aromatic hydroxyl groups is 1. The maximum atomic E-state index is 12.0. The number of amides is 1. The van der Waals surface area contributed by atoms with E-state index in [1.165, 1.54) is 12.1 Å². The van der Waals surface area contributed by atoms with Gasteiger partial charge in [0.15, 0.2) is 5.96 Å². The molecule has 0 bridgehead atoms. The highest BCUT2D eigenvalue weighted by molar-refractivity contribution is 14.0. The lowest BCUT2D eigenvalue weighted by molar-refractivity contribution is 0.0953. The van der Waals surface area contributed by atoms with Gasteiger partial charge in [-0.15, -0.1) is 24.0 Å². The Balaban J connectivity index is 0.00000420. The predicted molar refractivity (Wildman–Crippen MR) is 126 cm³/mol. The highest BCUT2D eigenvalue weighted by Crippen LogP contribution is 2.17. The van der Waals surface area contributed by atoms with Gasteiger partial charge in [-0.1, -0.05) is 24.3 Å². The van der Waals surface area contributed by atoms with Crippen molar-refractivity contribution in [3.05, 3.63) is 59.7 Å². The SMILES string of the molecule is CCNC(=NCc1ccccc1OC)NCCCNC(=O)c1cccc(O)c1.I. The molecule has 2 aromatic rings. The normalized spacial score (nSPS) is 10.6. The average molecular weight is 512 g/mol. The van der Waals surface area contributed by atoms with Crippen LogP contribution < -0.4 is 20.7 Å². The summed E-state index contributed by atoms with van der Waals surface area (Å²) in [5.74, 6) is 1.41. The van der Waals surface area contributed by atoms with Crippen molar-refractivity contribution in [2.24, 2.45) is 4.99 Å². The Hall–Kier alpha value is -2.49. The summed E-state index contributed by atoms with van der Waals surface area (Å²) in [4.78, 5) is 16.6. The van der Waals surface area contributed by atoms with E-state index in [9.17, 15) is 9.90 Å². The van der Waals surface area contributed by atoms with E-state index in [4.69, 9.17) is 4.74 Å². The van der Waals surface area contributed by atoms with Crippen LogP contribution in [0.25, 0.3) is 0 Å². The van der Waals surface area contributed by atoms with Gasteiger partial charge in [-0.2, -0.15) is 0 Å². The van der Waals surface area contributed by atoms with E-state index in [0.29, 0.717) is 31.2 Å². The number of carbonyl (C=O) groups excluding carboxylic acids is 1. The fraction of sp³-hybridized carbons (Fsp3) is 0.333. The number of methoxy groups -OCH3 is 1. The quantitative estimate of drug-likeness (QED) is 0.180. The van der Waals surface area contributed by atoms with Crippen LogP contribution in [-0.2, 0) is 6.54 Å². The van der Waals surface area contributed by atoms with E-state index in [1.54, 1.807) is 19.2 Å². The minimum absolute atomic E-state index is 0. The topological polar surface area (TPSA) is 95.0 Å². The van der Waals surface area contributed by atoms with Gasteiger partial charge in [0.05, 0.1) is 13.7 Å². The Morgan fingerprint density at radius 1 is 1.07 bits per heavy atom. The first-order chi connectivity index (χ1) is 13.6. The molecule has 0 heterocycles. The number of guanidine groups is 1. The summed E-state index contributed by atoms with van der Waals surface area (Å²) in [5.41, 5.74) is 1.46. The highest BCUT2D eigenvalue weighted by Gasteiger charge is 2.05. The molecule has 0 spiro atoms. The number of carbonyl (C=O) groups is 1. The lowest BCUT2D eigenvalue weighted by Gasteiger charge is -2.12. The third kappa shape index (κ3) is 8.59. The molecule has 0 aliphatic carbocycles. The molecule has 0 aliphatic rings. The second kappa shape index (κ2) is 13.6. The molecule has 0 saturated heterocycles. The number of rotatable bonds is 9. The van der Waals surface area contributed by atoms with Crippen molar-refractivity contribution < 1.29 is 14.6 Å². The standard InChI is InChI=1S/C21H28N4O3.HI/c1-3-22-21(25-15-17-8-4-5-11-19(17)28-2)24-13-7-12-23-20(27)16-9-6-10-18(26)14-16;/h4-6,8-11,14,26H,3,7,12-13,15H2,1-2H3,(H,23,27)(H2,22,24,25);1H. The first-order valence-electron chi connectivity index (χ1n) is 9.35. The van der Waals surface area contributed by atoms with Crippen LogP contribution in [0.15, 0.2) is 53.5 Å². The van der Waals surface area contributed by atoms with Crippen molar-refractivity contribution in [1.82, 2.24) is 16.0 Å². The highest BCUT2D eigenvalue weighted by atomic mass is 127. The number of hydrogen-bond acceptors (Lipinski definition) is 4. The van der Waals surface area contributed by atoms with Crippen molar-refractivity contribution in [2.45, 2.75) is 19.9 Å². The molecule has 0 saturated carbocycles. The maximum absolute atomic E-state index is 12.0. The molecule has 1 amide bonds. The van der Waals surface area contributed by atoms with E-state index in [-0.39, 0.29) is 35.6 Å². The van der Waals surface area contributed by atoms with Crippen LogP contribution in [0.2, 0.25) is 0 Å². The van der Waals surface area contributed by atoms with Crippen molar-refractivity contribution in [3.63, 3.8) is 0 Å². The van der Waals surface area contributed by atoms with Crippen molar-refractivity contribution in [1.29, 1.82) is 0 Å². The average Bonchev–Trinajstić information content (AvgIpc) is 2.71. The number of aliphatic imine (C=N–C) groups is 1. The van der Waals surface area contributed by atoms with E-state index in [2.05, 4.69) is 20.9 Å². The van der Waals surface area contributed by atoms with E-state index in [0.717, 1.165) is 24.3 Å². The number of ether oxygens (including phenoxy) is 1. The molecule has 158 valence electrons. The number of para-hydroxylation sites is 1. The van der Waals surface area contributed by atoms with Gasteiger partial charge >= 0.3 is 0 Å². The Morgan fingerprint density at radius 2 is 1.83 bits per heavy atom. The molecule has 0 atom stereocenters. The number of hydrogen-bond donors (Lipinski definition) is 4. The number of halogens is 1. The minimum Gasteiger partial charge on any atom is -0.508 e. The molecule has 2 rings (SSSR count). The van der Waals surface area contributed by atoms with E-state index < -0.39 is 0 Å². The summed E-state index contributed by atoms with van der Waals surface area (Å²) < 4.78 is 5.35. The summed E-state index contributed by atoms with van der Waals surface area (Å²) >= 11 is 0. The Morgan fingerprint density at radius 3 is 2.55 bits per heavy atom. The maximum Gasteiger partial charge on any atom is 0.251 e. The monoisotopic (exact) mass is 512 g/mol. The zero-order valence-electron chi connectivity index (χ0n) is 16.8. The van der Waals surface area contributed by atoms with Crippen LogP contribution in [-0.4, -0.2) is 43.7 Å². The number of phenolic OH excluding ortho intramolecular Hbond substituents is 1. The fourth-order valence-electron chi connectivity index (χ4n) is 2.59. The lowest BCUT2D eigenvalue weighted by Crippen LogP contribution is -2.38. The third-order valence-electron chi connectivity index (χ3n) is 3.98. The van der Waals surface area contributed by atoms with Crippen molar-refractivity contribution >= 4 is 35.8 Å². The summed E-state index contributed by atoms with van der Waals surface area (Å²) in [6, 6.07) is 14.1. The molecule has 0 unspecified atom stereocenters. The zero-order chi connectivity index (χ0) is 20.2. The molecular weight excluding hydrogens is 483 g/mol. The van der Waals surface area contributed by atoms with Crippen molar-refractivity contribution in [3.8, 4) is 11.5 Å².